The highest BCUT2D eigenvalue weighted by atomic mass is 28.4. The molecule has 1 heterocycles. The zero-order chi connectivity index (χ0) is 27.3. The molecule has 0 N–H and O–H groups in total. The largest absolute Gasteiger partial charge is 0.411 e. The van der Waals surface area contributed by atoms with E-state index in [9.17, 15) is 4.79 Å². The molecule has 4 nitrogen and oxygen atoms in total. The number of hydrogen-bond acceptors (Lipinski definition) is 4. The van der Waals surface area contributed by atoms with Gasteiger partial charge in [0.25, 0.3) is 0 Å². The molecular formula is C30H52O4Si2. The quantitative estimate of drug-likeness (QED) is 0.275. The van der Waals surface area contributed by atoms with Crippen LogP contribution < -0.4 is 0 Å². The molecule has 1 spiro atoms. The van der Waals surface area contributed by atoms with E-state index >= 15 is 0 Å². The summed E-state index contributed by atoms with van der Waals surface area (Å²) in [6.07, 6.45) is 8.45. The van der Waals surface area contributed by atoms with Crippen LogP contribution >= 0.6 is 0 Å². The summed E-state index contributed by atoms with van der Waals surface area (Å²) in [5, 5.41) is 0.0707. The van der Waals surface area contributed by atoms with Crippen molar-refractivity contribution < 1.29 is 18.4 Å². The van der Waals surface area contributed by atoms with Gasteiger partial charge in [0.15, 0.2) is 28.0 Å². The van der Waals surface area contributed by atoms with Gasteiger partial charge in [-0.15, -0.1) is 0 Å². The Morgan fingerprint density at radius 3 is 2.08 bits per heavy atom. The summed E-state index contributed by atoms with van der Waals surface area (Å²) in [4.78, 5) is 14.5. The van der Waals surface area contributed by atoms with Crippen LogP contribution in [0.5, 0.6) is 0 Å². The Hall–Kier alpha value is -0.536. The van der Waals surface area contributed by atoms with Crippen LogP contribution in [-0.4, -0.2) is 46.8 Å². The molecule has 0 radical (unpaired) electrons. The lowest BCUT2D eigenvalue weighted by molar-refractivity contribution is -0.179. The van der Waals surface area contributed by atoms with Crippen molar-refractivity contribution in [2.45, 2.75) is 129 Å². The molecule has 36 heavy (non-hydrogen) atoms. The van der Waals surface area contributed by atoms with Crippen LogP contribution in [0, 0.1) is 22.7 Å². The Morgan fingerprint density at radius 2 is 1.53 bits per heavy atom. The van der Waals surface area contributed by atoms with Crippen molar-refractivity contribution >= 4 is 22.4 Å². The minimum Gasteiger partial charge on any atom is -0.411 e. The van der Waals surface area contributed by atoms with Gasteiger partial charge in [-0.1, -0.05) is 72.3 Å². The SMILES string of the molecule is CC1=CCC[C@@]2(C)[C@@H]1C=C[C@@]13CO[C@@](C)(C1=O)[C@@H](O[Si](C)(C)C(C)(C)C)[C@H](O[Si](C)(C)C(C)(C)C)[C@H]23. The highest BCUT2D eigenvalue weighted by Gasteiger charge is 2.75. The standard InChI is InChI=1S/C30H52O4Si2/c1-20-15-14-17-28(8)21(20)16-18-30-19-32-29(9,25(30)31)24(34-36(12,13)27(5,6)7)22(23(28)30)33-35(10,11)26(2,3)4/h15-16,18,21-24H,14,17,19H2,1-13H3/t21-,22-,23-,24+,28+,29-,30+/m1/s1. The molecule has 0 aromatic heterocycles. The molecule has 0 amide bonds. The molecule has 6 heteroatoms. The lowest BCUT2D eigenvalue weighted by Gasteiger charge is -2.62. The lowest BCUT2D eigenvalue weighted by Crippen LogP contribution is -2.72. The first-order valence-electron chi connectivity index (χ1n) is 14.0. The predicted molar refractivity (Wildman–Crippen MR) is 153 cm³/mol. The number of carbonyl (C=O) groups is 1. The Morgan fingerprint density at radius 1 is 0.972 bits per heavy atom. The fourth-order valence-corrected chi connectivity index (χ4v) is 9.64. The van der Waals surface area contributed by atoms with Crippen molar-refractivity contribution in [3.05, 3.63) is 23.8 Å². The van der Waals surface area contributed by atoms with Gasteiger partial charge >= 0.3 is 0 Å². The molecule has 0 aromatic rings. The van der Waals surface area contributed by atoms with E-state index in [2.05, 4.69) is 99.8 Å². The third kappa shape index (κ3) is 3.87. The Bertz CT molecular complexity index is 984. The van der Waals surface area contributed by atoms with Crippen LogP contribution in [0.2, 0.25) is 36.3 Å². The average molecular weight is 533 g/mol. The van der Waals surface area contributed by atoms with Gasteiger partial charge in [-0.3, -0.25) is 4.79 Å². The molecule has 2 fully saturated rings. The van der Waals surface area contributed by atoms with Crippen molar-refractivity contribution in [1.82, 2.24) is 0 Å². The Balaban J connectivity index is 1.95. The fourth-order valence-electron chi connectivity index (χ4n) is 7.00. The Labute approximate surface area is 222 Å². The van der Waals surface area contributed by atoms with Gasteiger partial charge in [-0.2, -0.15) is 0 Å². The second kappa shape index (κ2) is 8.23. The van der Waals surface area contributed by atoms with Crippen molar-refractivity contribution in [1.29, 1.82) is 0 Å². The van der Waals surface area contributed by atoms with Crippen molar-refractivity contribution in [3.63, 3.8) is 0 Å². The topological polar surface area (TPSA) is 44.8 Å². The Kier molecular flexibility index (Phi) is 6.51. The zero-order valence-electron chi connectivity index (χ0n) is 25.3. The molecule has 4 aliphatic rings. The minimum absolute atomic E-state index is 0.0180. The van der Waals surface area contributed by atoms with Gasteiger partial charge in [0.2, 0.25) is 0 Å². The summed E-state index contributed by atoms with van der Waals surface area (Å²) in [7, 11) is -4.44. The number of fused-ring (bicyclic) bond motifs is 3. The van der Waals surface area contributed by atoms with Crippen molar-refractivity contribution in [2.75, 3.05) is 6.61 Å². The van der Waals surface area contributed by atoms with Gasteiger partial charge in [-0.05, 0) is 68.4 Å². The first-order chi connectivity index (χ1) is 16.1. The van der Waals surface area contributed by atoms with E-state index in [-0.39, 0.29) is 33.3 Å². The van der Waals surface area contributed by atoms with E-state index in [1.807, 2.05) is 6.92 Å². The second-order valence-corrected chi connectivity index (χ2v) is 25.2. The maximum Gasteiger partial charge on any atom is 0.192 e. The van der Waals surface area contributed by atoms with Crippen molar-refractivity contribution in [2.24, 2.45) is 22.7 Å². The predicted octanol–water partition coefficient (Wildman–Crippen LogP) is 7.67. The zero-order valence-corrected chi connectivity index (χ0v) is 27.3. The summed E-state index contributed by atoms with van der Waals surface area (Å²) >= 11 is 0. The lowest BCUT2D eigenvalue weighted by atomic mass is 9.45. The van der Waals surface area contributed by atoms with Crippen LogP contribution in [0.3, 0.4) is 0 Å². The molecule has 7 atom stereocenters. The summed E-state index contributed by atoms with van der Waals surface area (Å²) in [6.45, 7) is 30.1. The van der Waals surface area contributed by atoms with E-state index < -0.39 is 33.8 Å². The third-order valence-corrected chi connectivity index (χ3v) is 20.3. The molecule has 4 rings (SSSR count). The van der Waals surface area contributed by atoms with E-state index in [1.54, 1.807) is 0 Å². The molecule has 1 saturated carbocycles. The van der Waals surface area contributed by atoms with E-state index in [0.29, 0.717) is 12.5 Å². The highest BCUT2D eigenvalue weighted by Crippen LogP contribution is 2.66. The number of ether oxygens (including phenoxy) is 1. The second-order valence-electron chi connectivity index (χ2n) is 15.7. The van der Waals surface area contributed by atoms with Gasteiger partial charge in [0, 0.05) is 11.8 Å². The number of carbonyl (C=O) groups excluding carboxylic acids is 1. The molecule has 0 aromatic carbocycles. The normalized spacial score (nSPS) is 41.1. The third-order valence-electron chi connectivity index (χ3n) is 11.3. The van der Waals surface area contributed by atoms with Crippen LogP contribution in [0.1, 0.15) is 75.2 Å². The highest BCUT2D eigenvalue weighted by molar-refractivity contribution is 6.74. The van der Waals surface area contributed by atoms with E-state index in [4.69, 9.17) is 13.6 Å². The number of ketones is 1. The van der Waals surface area contributed by atoms with Crippen LogP contribution in [0.25, 0.3) is 0 Å². The van der Waals surface area contributed by atoms with Gasteiger partial charge < -0.3 is 13.6 Å². The van der Waals surface area contributed by atoms with Crippen LogP contribution in [0.4, 0.5) is 0 Å². The molecule has 3 aliphatic carbocycles. The van der Waals surface area contributed by atoms with Gasteiger partial charge in [0.05, 0.1) is 18.1 Å². The number of Topliss-reactive ketones (excluding diaryl/α,β-unsaturated/α-hetero) is 1. The number of allylic oxidation sites excluding steroid dienone is 3. The molecule has 2 bridgehead atoms. The number of rotatable bonds is 4. The molecule has 1 aliphatic heterocycles. The van der Waals surface area contributed by atoms with Gasteiger partial charge in [-0.25, -0.2) is 0 Å². The monoisotopic (exact) mass is 532 g/mol. The smallest absolute Gasteiger partial charge is 0.192 e. The van der Waals surface area contributed by atoms with E-state index in [1.165, 1.54) is 5.57 Å². The van der Waals surface area contributed by atoms with Crippen molar-refractivity contribution in [3.8, 4) is 0 Å². The summed E-state index contributed by atoms with van der Waals surface area (Å²) in [5.41, 5.74) is -0.299. The van der Waals surface area contributed by atoms with E-state index in [0.717, 1.165) is 12.8 Å². The molecule has 1 saturated heterocycles. The molecule has 204 valence electrons. The molecular weight excluding hydrogens is 480 g/mol. The first-order valence-corrected chi connectivity index (χ1v) is 19.9. The first kappa shape index (κ1) is 28.5. The average Bonchev–Trinajstić information content (AvgIpc) is 2.89. The summed E-state index contributed by atoms with van der Waals surface area (Å²) in [6, 6.07) is 0. The summed E-state index contributed by atoms with van der Waals surface area (Å²) in [5.74, 6) is 0.552. The van der Waals surface area contributed by atoms with Crippen LogP contribution in [0.15, 0.2) is 23.8 Å². The number of hydrogen-bond donors (Lipinski definition) is 0. The maximum atomic E-state index is 14.5. The fraction of sp³-hybridized carbons (Fsp3) is 0.833. The van der Waals surface area contributed by atoms with Gasteiger partial charge in [0.1, 0.15) is 6.10 Å². The maximum absolute atomic E-state index is 14.5. The summed E-state index contributed by atoms with van der Waals surface area (Å²) < 4.78 is 21.3. The van der Waals surface area contributed by atoms with Crippen LogP contribution in [-0.2, 0) is 18.4 Å². The molecule has 0 unspecified atom stereocenters. The minimum atomic E-state index is -2.24.